The third-order valence-electron chi connectivity index (χ3n) is 5.56. The Labute approximate surface area is 218 Å². The van der Waals surface area contributed by atoms with Crippen molar-refractivity contribution in [1.82, 2.24) is 20.9 Å². The van der Waals surface area contributed by atoms with Gasteiger partial charge in [-0.05, 0) is 37.0 Å². The number of carbonyl (C=O) groups excluding carboxylic acids is 3. The topological polar surface area (TPSA) is 187 Å². The van der Waals surface area contributed by atoms with Crippen LogP contribution in [0.15, 0.2) is 30.5 Å². The minimum Gasteiger partial charge on any atom is -0.480 e. The zero-order valence-corrected chi connectivity index (χ0v) is 21.8. The number of aromatic amines is 1. The van der Waals surface area contributed by atoms with Crippen molar-refractivity contribution in [3.8, 4) is 0 Å². The highest BCUT2D eigenvalue weighted by Gasteiger charge is 2.32. The molecule has 8 N–H and O–H groups in total. The summed E-state index contributed by atoms with van der Waals surface area (Å²) in [6.45, 7) is 1.33. The van der Waals surface area contributed by atoms with E-state index >= 15 is 0 Å². The molecule has 0 fully saturated rings. The number of carbonyl (C=O) groups is 4. The number of para-hydroxylation sites is 1. The first-order chi connectivity index (χ1) is 17.1. The fourth-order valence-electron chi connectivity index (χ4n) is 3.49. The number of aliphatic hydroxyl groups excluding tert-OH is 1. The predicted octanol–water partition coefficient (Wildman–Crippen LogP) is -0.360. The highest BCUT2D eigenvalue weighted by atomic mass is 32.2. The quantitative estimate of drug-likeness (QED) is 0.150. The van der Waals surface area contributed by atoms with Gasteiger partial charge in [-0.1, -0.05) is 18.2 Å². The number of aliphatic carboxylic acids is 1. The van der Waals surface area contributed by atoms with Crippen LogP contribution in [0.5, 0.6) is 0 Å². The molecule has 5 atom stereocenters. The molecule has 11 nitrogen and oxygen atoms in total. The summed E-state index contributed by atoms with van der Waals surface area (Å²) < 4.78 is 0. The van der Waals surface area contributed by atoms with Gasteiger partial charge in [0.05, 0.1) is 12.1 Å². The Hall–Kier alpha value is -2.74. The van der Waals surface area contributed by atoms with E-state index in [1.807, 2.05) is 30.5 Å². The van der Waals surface area contributed by atoms with Crippen LogP contribution in [0, 0.1) is 0 Å². The smallest absolute Gasteiger partial charge is 0.327 e. The summed E-state index contributed by atoms with van der Waals surface area (Å²) >= 11 is 5.48. The number of nitrogens with one attached hydrogen (secondary N) is 4. The van der Waals surface area contributed by atoms with Gasteiger partial charge in [-0.3, -0.25) is 14.4 Å². The van der Waals surface area contributed by atoms with Crippen LogP contribution in [0.2, 0.25) is 0 Å². The fourth-order valence-corrected chi connectivity index (χ4v) is 4.23. The number of hydrogen-bond donors (Lipinski definition) is 8. The maximum Gasteiger partial charge on any atom is 0.327 e. The Morgan fingerprint density at radius 1 is 1.08 bits per heavy atom. The molecule has 2 aromatic rings. The van der Waals surface area contributed by atoms with Crippen molar-refractivity contribution >= 4 is 59.0 Å². The van der Waals surface area contributed by atoms with Crippen LogP contribution in [-0.2, 0) is 25.6 Å². The van der Waals surface area contributed by atoms with Gasteiger partial charge in [0, 0.05) is 29.3 Å². The van der Waals surface area contributed by atoms with E-state index in [9.17, 15) is 29.4 Å². The van der Waals surface area contributed by atoms with Crippen molar-refractivity contribution in [2.45, 2.75) is 50.0 Å². The maximum absolute atomic E-state index is 13.1. The number of fused-ring (bicyclic) bond motifs is 1. The van der Waals surface area contributed by atoms with Crippen LogP contribution in [-0.4, -0.2) is 86.9 Å². The van der Waals surface area contributed by atoms with Crippen LogP contribution >= 0.6 is 24.4 Å². The molecule has 2 rings (SSSR count). The molecule has 1 heterocycles. The summed E-state index contributed by atoms with van der Waals surface area (Å²) in [6.07, 6.45) is 2.69. The van der Waals surface area contributed by atoms with E-state index in [0.717, 1.165) is 10.9 Å². The molecule has 0 saturated carbocycles. The molecule has 0 spiro atoms. The first-order valence-electron chi connectivity index (χ1n) is 11.3. The van der Waals surface area contributed by atoms with Crippen LogP contribution in [0.1, 0.15) is 18.9 Å². The van der Waals surface area contributed by atoms with Crippen molar-refractivity contribution in [3.63, 3.8) is 0 Å². The average Bonchev–Trinajstić information content (AvgIpc) is 3.25. The minimum atomic E-state index is -1.38. The number of hydrogen-bond acceptors (Lipinski definition) is 8. The second-order valence-electron chi connectivity index (χ2n) is 8.32. The van der Waals surface area contributed by atoms with Gasteiger partial charge in [0.25, 0.3) is 0 Å². The lowest BCUT2D eigenvalue weighted by Crippen LogP contribution is -2.60. The molecule has 5 unspecified atom stereocenters. The van der Waals surface area contributed by atoms with E-state index in [-0.39, 0.29) is 12.2 Å². The Kier molecular flexibility index (Phi) is 11.6. The molecule has 0 aliphatic heterocycles. The van der Waals surface area contributed by atoms with E-state index in [1.54, 1.807) is 6.20 Å². The van der Waals surface area contributed by atoms with Gasteiger partial charge in [-0.25, -0.2) is 4.79 Å². The third kappa shape index (κ3) is 8.15. The molecule has 1 aromatic carbocycles. The number of thiol groups is 1. The van der Waals surface area contributed by atoms with Crippen LogP contribution in [0.3, 0.4) is 0 Å². The zero-order chi connectivity index (χ0) is 26.8. The summed E-state index contributed by atoms with van der Waals surface area (Å²) in [7, 11) is 0. The second kappa shape index (κ2) is 14.1. The van der Waals surface area contributed by atoms with E-state index in [4.69, 9.17) is 5.73 Å². The molecule has 3 amide bonds. The Morgan fingerprint density at radius 3 is 2.36 bits per heavy atom. The standard InChI is InChI=1S/C23H33N5O6S2/c1-12(29)19(28-20(30)15(24)7-8-36-2)22(32)26-17(21(31)27-18(11-35)23(33)34)9-13-10-25-16-6-4-3-5-14(13)16/h3-6,10,12,15,17-19,25,29,35H,7-9,11,24H2,1-2H3,(H,26,32)(H,27,31)(H,28,30)(H,33,34). The minimum absolute atomic E-state index is 0.0220. The van der Waals surface area contributed by atoms with E-state index in [2.05, 4.69) is 33.6 Å². The zero-order valence-electron chi connectivity index (χ0n) is 20.1. The normalized spacial score (nSPS) is 15.4. The SMILES string of the molecule is CSCCC(N)C(=O)NC(C(=O)NC(Cc1c[nH]c2ccccc12)C(=O)NC(CS)C(=O)O)C(C)O. The molecule has 198 valence electrons. The lowest BCUT2D eigenvalue weighted by Gasteiger charge is -2.26. The van der Waals surface area contributed by atoms with E-state index < -0.39 is 54.0 Å². The van der Waals surface area contributed by atoms with Gasteiger partial charge in [0.15, 0.2) is 0 Å². The average molecular weight is 540 g/mol. The third-order valence-corrected chi connectivity index (χ3v) is 6.57. The number of thioether (sulfide) groups is 1. The Balaban J connectivity index is 2.26. The molecule has 0 saturated heterocycles. The van der Waals surface area contributed by atoms with Crippen molar-refractivity contribution in [2.75, 3.05) is 17.8 Å². The van der Waals surface area contributed by atoms with Gasteiger partial charge in [-0.15, -0.1) is 0 Å². The van der Waals surface area contributed by atoms with Crippen LogP contribution < -0.4 is 21.7 Å². The van der Waals surface area contributed by atoms with Gasteiger partial charge in [0.1, 0.15) is 18.1 Å². The van der Waals surface area contributed by atoms with Gasteiger partial charge in [-0.2, -0.15) is 24.4 Å². The summed E-state index contributed by atoms with van der Waals surface area (Å²) in [5, 5.41) is 27.7. The van der Waals surface area contributed by atoms with Crippen LogP contribution in [0.4, 0.5) is 0 Å². The molecular formula is C23H33N5O6S2. The molecule has 13 heteroatoms. The largest absolute Gasteiger partial charge is 0.480 e. The molecule has 0 aliphatic rings. The first kappa shape index (κ1) is 29.5. The van der Waals surface area contributed by atoms with Crippen molar-refractivity contribution in [1.29, 1.82) is 0 Å². The number of H-pyrrole nitrogens is 1. The Morgan fingerprint density at radius 2 is 1.75 bits per heavy atom. The lowest BCUT2D eigenvalue weighted by atomic mass is 10.0. The highest BCUT2D eigenvalue weighted by molar-refractivity contribution is 7.98. The maximum atomic E-state index is 13.1. The molecular weight excluding hydrogens is 506 g/mol. The summed E-state index contributed by atoms with van der Waals surface area (Å²) in [4.78, 5) is 53.1. The van der Waals surface area contributed by atoms with Crippen molar-refractivity contribution in [3.05, 3.63) is 36.0 Å². The van der Waals surface area contributed by atoms with Crippen molar-refractivity contribution in [2.24, 2.45) is 5.73 Å². The van der Waals surface area contributed by atoms with Crippen molar-refractivity contribution < 1.29 is 29.4 Å². The van der Waals surface area contributed by atoms with Crippen LogP contribution in [0.25, 0.3) is 10.9 Å². The molecule has 36 heavy (non-hydrogen) atoms. The number of amides is 3. The Bertz CT molecular complexity index is 1060. The lowest BCUT2D eigenvalue weighted by molar-refractivity contribution is -0.141. The van der Waals surface area contributed by atoms with Gasteiger partial charge < -0.3 is 36.9 Å². The molecule has 1 aromatic heterocycles. The molecule has 0 radical (unpaired) electrons. The number of carboxylic acid groups (broad SMARTS) is 1. The van der Waals surface area contributed by atoms with Gasteiger partial charge in [0.2, 0.25) is 17.7 Å². The summed E-state index contributed by atoms with van der Waals surface area (Å²) in [5.74, 6) is -2.96. The number of carboxylic acids is 1. The number of rotatable bonds is 14. The summed E-state index contributed by atoms with van der Waals surface area (Å²) in [6, 6.07) is 2.65. The van der Waals surface area contributed by atoms with E-state index in [1.165, 1.54) is 18.7 Å². The number of nitrogens with two attached hydrogens (primary N) is 1. The van der Waals surface area contributed by atoms with E-state index in [0.29, 0.717) is 17.7 Å². The predicted molar refractivity (Wildman–Crippen MR) is 142 cm³/mol. The first-order valence-corrected chi connectivity index (χ1v) is 13.3. The monoisotopic (exact) mass is 539 g/mol. The molecule has 0 bridgehead atoms. The highest BCUT2D eigenvalue weighted by Crippen LogP contribution is 2.19. The number of benzene rings is 1. The summed E-state index contributed by atoms with van der Waals surface area (Å²) in [5.41, 5.74) is 7.41. The second-order valence-corrected chi connectivity index (χ2v) is 9.67. The number of aliphatic hydroxyl groups is 1. The van der Waals surface area contributed by atoms with Gasteiger partial charge >= 0.3 is 5.97 Å². The number of aromatic nitrogens is 1. The molecule has 0 aliphatic carbocycles. The fraction of sp³-hybridized carbons (Fsp3) is 0.478.